The molecule has 1 saturated heterocycles. The maximum atomic E-state index is 13.1. The van der Waals surface area contributed by atoms with E-state index in [1.54, 1.807) is 23.9 Å². The molecule has 1 aliphatic heterocycles. The van der Waals surface area contributed by atoms with Crippen molar-refractivity contribution in [2.24, 2.45) is 0 Å². The first-order valence-electron chi connectivity index (χ1n) is 8.73. The zero-order valence-corrected chi connectivity index (χ0v) is 15.4. The van der Waals surface area contributed by atoms with E-state index in [4.69, 9.17) is 4.74 Å². The maximum absolute atomic E-state index is 13.1. The van der Waals surface area contributed by atoms with Crippen molar-refractivity contribution in [2.75, 3.05) is 23.9 Å². The molecule has 0 radical (unpaired) electrons. The molecule has 2 aromatic rings. The van der Waals surface area contributed by atoms with Gasteiger partial charge in [-0.3, -0.25) is 9.48 Å². The number of benzene rings is 1. The number of ether oxygens (including phenoxy) is 1. The van der Waals surface area contributed by atoms with E-state index in [0.29, 0.717) is 23.6 Å². The van der Waals surface area contributed by atoms with Crippen LogP contribution in [-0.4, -0.2) is 42.7 Å². The zero-order valence-electron chi connectivity index (χ0n) is 14.6. The van der Waals surface area contributed by atoms with Crippen LogP contribution in [0.15, 0.2) is 24.3 Å². The lowest BCUT2D eigenvalue weighted by Crippen LogP contribution is -2.23. The summed E-state index contributed by atoms with van der Waals surface area (Å²) < 4.78 is 30.7. The van der Waals surface area contributed by atoms with E-state index in [1.807, 2.05) is 12.1 Å². The number of carbonyl (C=O) groups excluding carboxylic acids is 1. The summed E-state index contributed by atoms with van der Waals surface area (Å²) in [7, 11) is -1.51. The van der Waals surface area contributed by atoms with Crippen molar-refractivity contribution < 1.29 is 17.9 Å². The molecule has 0 saturated carbocycles. The summed E-state index contributed by atoms with van der Waals surface area (Å²) in [6, 6.07) is 6.94. The second kappa shape index (κ2) is 6.42. The maximum Gasteiger partial charge on any atom is 0.274 e. The monoisotopic (exact) mass is 375 g/mol. The van der Waals surface area contributed by atoms with Crippen LogP contribution in [0.25, 0.3) is 0 Å². The fourth-order valence-electron chi connectivity index (χ4n) is 3.81. The highest BCUT2D eigenvalue weighted by Gasteiger charge is 2.35. The van der Waals surface area contributed by atoms with Crippen LogP contribution < -0.4 is 10.1 Å². The first-order valence-corrected chi connectivity index (χ1v) is 10.6. The lowest BCUT2D eigenvalue weighted by atomic mass is 10.1. The van der Waals surface area contributed by atoms with Crippen molar-refractivity contribution >= 4 is 21.4 Å². The van der Waals surface area contributed by atoms with E-state index in [0.717, 1.165) is 30.5 Å². The van der Waals surface area contributed by atoms with E-state index in [-0.39, 0.29) is 23.5 Å². The summed E-state index contributed by atoms with van der Waals surface area (Å²) in [5.74, 6) is 0.500. The Morgan fingerprint density at radius 2 is 2.12 bits per heavy atom. The smallest absolute Gasteiger partial charge is 0.274 e. The summed E-state index contributed by atoms with van der Waals surface area (Å²) in [5.41, 5.74) is 2.94. The molecule has 26 heavy (non-hydrogen) atoms. The van der Waals surface area contributed by atoms with Crippen LogP contribution in [0.3, 0.4) is 0 Å². The molecule has 138 valence electrons. The van der Waals surface area contributed by atoms with Gasteiger partial charge >= 0.3 is 0 Å². The fourth-order valence-corrected chi connectivity index (χ4v) is 5.51. The Bertz CT molecular complexity index is 965. The zero-order chi connectivity index (χ0) is 18.3. The van der Waals surface area contributed by atoms with Gasteiger partial charge in [-0.05, 0) is 37.8 Å². The van der Waals surface area contributed by atoms with Crippen molar-refractivity contribution in [1.82, 2.24) is 9.78 Å². The van der Waals surface area contributed by atoms with E-state index in [2.05, 4.69) is 10.4 Å². The van der Waals surface area contributed by atoms with Crippen LogP contribution >= 0.6 is 0 Å². The van der Waals surface area contributed by atoms with Crippen LogP contribution in [0.5, 0.6) is 5.75 Å². The molecule has 8 heteroatoms. The van der Waals surface area contributed by atoms with E-state index in [1.165, 1.54) is 0 Å². The number of para-hydroxylation sites is 2. The molecule has 1 aromatic heterocycles. The minimum absolute atomic E-state index is 0.0441. The fraction of sp³-hybridized carbons (Fsp3) is 0.444. The molecule has 7 nitrogen and oxygen atoms in total. The molecule has 0 spiro atoms. The Hall–Kier alpha value is -2.35. The molecule has 0 bridgehead atoms. The molecular formula is C18H21N3O4S. The van der Waals surface area contributed by atoms with E-state index < -0.39 is 9.84 Å². The SMILES string of the molecule is COc1ccccc1NC(=O)c1c2c(nn1C1CCS(=O)(=O)C1)CCC2. The van der Waals surface area contributed by atoms with Crippen molar-refractivity contribution in [3.05, 3.63) is 41.2 Å². The first kappa shape index (κ1) is 17.1. The third kappa shape index (κ3) is 2.98. The highest BCUT2D eigenvalue weighted by atomic mass is 32.2. The number of rotatable bonds is 4. The molecule has 1 atom stereocenters. The quantitative estimate of drug-likeness (QED) is 0.883. The van der Waals surface area contributed by atoms with Gasteiger partial charge in [0.15, 0.2) is 9.84 Å². The van der Waals surface area contributed by atoms with Crippen molar-refractivity contribution in [2.45, 2.75) is 31.7 Å². The highest BCUT2D eigenvalue weighted by molar-refractivity contribution is 7.91. The molecule has 1 fully saturated rings. The van der Waals surface area contributed by atoms with Crippen molar-refractivity contribution in [3.63, 3.8) is 0 Å². The normalized spacial score (nSPS) is 20.7. The summed E-state index contributed by atoms with van der Waals surface area (Å²) >= 11 is 0. The summed E-state index contributed by atoms with van der Waals surface area (Å²) in [6.45, 7) is 0. The molecule has 2 aliphatic rings. The van der Waals surface area contributed by atoms with Gasteiger partial charge in [0, 0.05) is 5.56 Å². The Labute approximate surface area is 152 Å². The second-order valence-electron chi connectivity index (χ2n) is 6.78. The molecule has 1 aliphatic carbocycles. The van der Waals surface area contributed by atoms with E-state index >= 15 is 0 Å². The Kier molecular flexibility index (Phi) is 4.22. The number of hydrogen-bond donors (Lipinski definition) is 1. The lowest BCUT2D eigenvalue weighted by Gasteiger charge is -2.15. The highest BCUT2D eigenvalue weighted by Crippen LogP contribution is 2.32. The Morgan fingerprint density at radius 3 is 2.85 bits per heavy atom. The third-order valence-electron chi connectivity index (χ3n) is 5.06. The first-order chi connectivity index (χ1) is 12.5. The summed E-state index contributed by atoms with van der Waals surface area (Å²) in [4.78, 5) is 13.1. The number of hydrogen-bond acceptors (Lipinski definition) is 5. The molecule has 1 N–H and O–H groups in total. The van der Waals surface area contributed by atoms with Gasteiger partial charge in [0.25, 0.3) is 5.91 Å². The minimum Gasteiger partial charge on any atom is -0.495 e. The van der Waals surface area contributed by atoms with Gasteiger partial charge in [0.2, 0.25) is 0 Å². The van der Waals surface area contributed by atoms with Crippen LogP contribution in [0.1, 0.15) is 40.6 Å². The number of anilines is 1. The van der Waals surface area contributed by atoms with Crippen LogP contribution in [0.4, 0.5) is 5.69 Å². The molecule has 2 heterocycles. The largest absolute Gasteiger partial charge is 0.495 e. The molecular weight excluding hydrogens is 354 g/mol. The van der Waals surface area contributed by atoms with E-state index in [9.17, 15) is 13.2 Å². The number of sulfone groups is 1. The van der Waals surface area contributed by atoms with Gasteiger partial charge in [-0.2, -0.15) is 5.10 Å². The molecule has 4 rings (SSSR count). The number of amides is 1. The number of fused-ring (bicyclic) bond motifs is 1. The Morgan fingerprint density at radius 1 is 1.31 bits per heavy atom. The van der Waals surface area contributed by atoms with Gasteiger partial charge in [0.1, 0.15) is 11.4 Å². The van der Waals surface area contributed by atoms with Crippen LogP contribution in [0, 0.1) is 0 Å². The average molecular weight is 375 g/mol. The number of aryl methyl sites for hydroxylation is 1. The Balaban J connectivity index is 1.70. The van der Waals surface area contributed by atoms with Gasteiger partial charge in [0.05, 0.1) is 36.0 Å². The van der Waals surface area contributed by atoms with Gasteiger partial charge in [-0.25, -0.2) is 8.42 Å². The standard InChI is InChI=1S/C18H21N3O4S/c1-25-16-8-3-2-6-15(16)19-18(22)17-13-5-4-7-14(13)20-21(17)12-9-10-26(23,24)11-12/h2-3,6,8,12H,4-5,7,9-11H2,1H3,(H,19,22). The number of nitrogens with one attached hydrogen (secondary N) is 1. The summed E-state index contributed by atoms with van der Waals surface area (Å²) in [6.07, 6.45) is 3.09. The van der Waals surface area contributed by atoms with Crippen molar-refractivity contribution in [1.29, 1.82) is 0 Å². The number of methoxy groups -OCH3 is 1. The van der Waals surface area contributed by atoms with Crippen molar-refractivity contribution in [3.8, 4) is 5.75 Å². The van der Waals surface area contributed by atoms with Gasteiger partial charge in [-0.15, -0.1) is 0 Å². The summed E-state index contributed by atoms with van der Waals surface area (Å²) in [5, 5.41) is 7.51. The number of carbonyl (C=O) groups is 1. The topological polar surface area (TPSA) is 90.3 Å². The van der Waals surface area contributed by atoms with Crippen LogP contribution in [0.2, 0.25) is 0 Å². The molecule has 1 unspecified atom stereocenters. The molecule has 1 amide bonds. The second-order valence-corrected chi connectivity index (χ2v) is 9.01. The predicted molar refractivity (Wildman–Crippen MR) is 97.5 cm³/mol. The third-order valence-corrected chi connectivity index (χ3v) is 6.81. The molecule has 1 aromatic carbocycles. The van der Waals surface area contributed by atoms with Gasteiger partial charge < -0.3 is 10.1 Å². The number of nitrogens with zero attached hydrogens (tertiary/aromatic N) is 2. The number of aromatic nitrogens is 2. The predicted octanol–water partition coefficient (Wildman–Crippen LogP) is 1.99. The van der Waals surface area contributed by atoms with Gasteiger partial charge in [-0.1, -0.05) is 12.1 Å². The lowest BCUT2D eigenvalue weighted by molar-refractivity contribution is 0.101. The average Bonchev–Trinajstić information content (AvgIpc) is 3.28. The van der Waals surface area contributed by atoms with Crippen LogP contribution in [-0.2, 0) is 22.7 Å². The minimum atomic E-state index is -3.06.